The van der Waals surface area contributed by atoms with E-state index in [1.54, 1.807) is 23.1 Å². The average molecular weight is 346 g/mol. The van der Waals surface area contributed by atoms with Crippen molar-refractivity contribution in [3.63, 3.8) is 0 Å². The second kappa shape index (κ2) is 6.70. The summed E-state index contributed by atoms with van der Waals surface area (Å²) in [6.07, 6.45) is 5.34. The third-order valence-electron chi connectivity index (χ3n) is 3.72. The number of anilines is 1. The fraction of sp³-hybridized carbons (Fsp3) is 0. The van der Waals surface area contributed by atoms with Crippen molar-refractivity contribution >= 4 is 23.1 Å². The summed E-state index contributed by atoms with van der Waals surface area (Å²) in [5, 5.41) is 7.14. The Morgan fingerprint density at radius 3 is 2.72 bits per heavy atom. The van der Waals surface area contributed by atoms with Gasteiger partial charge in [0.15, 0.2) is 0 Å². The second-order valence-corrected chi connectivity index (χ2v) is 6.25. The standard InChI is InChI=1S/C19H14N4OS/c24-19(15-5-1-4-14(12-15)18-8-10-21-25-18)22-16-6-2-7-17(13-16)23-11-3-9-20-23/h1-13H,(H,22,24). The first-order valence-corrected chi connectivity index (χ1v) is 8.49. The lowest BCUT2D eigenvalue weighted by atomic mass is 10.1. The van der Waals surface area contributed by atoms with E-state index in [2.05, 4.69) is 14.8 Å². The van der Waals surface area contributed by atoms with Crippen molar-refractivity contribution in [1.82, 2.24) is 14.2 Å². The molecule has 0 bridgehead atoms. The molecule has 0 fully saturated rings. The summed E-state index contributed by atoms with van der Waals surface area (Å²) >= 11 is 1.41. The molecule has 0 saturated carbocycles. The molecule has 2 aromatic heterocycles. The lowest BCUT2D eigenvalue weighted by Gasteiger charge is -2.08. The molecule has 2 aromatic carbocycles. The van der Waals surface area contributed by atoms with Crippen LogP contribution >= 0.6 is 11.5 Å². The molecule has 4 aromatic rings. The molecule has 0 unspecified atom stereocenters. The van der Waals surface area contributed by atoms with Gasteiger partial charge in [-0.1, -0.05) is 18.2 Å². The maximum absolute atomic E-state index is 12.6. The second-order valence-electron chi connectivity index (χ2n) is 5.41. The van der Waals surface area contributed by atoms with Crippen LogP contribution in [0.15, 0.2) is 79.3 Å². The van der Waals surface area contributed by atoms with E-state index < -0.39 is 0 Å². The number of amides is 1. The molecule has 2 heterocycles. The molecule has 0 aliphatic carbocycles. The van der Waals surface area contributed by atoms with Crippen LogP contribution in [0.2, 0.25) is 0 Å². The molecule has 6 heteroatoms. The zero-order valence-electron chi connectivity index (χ0n) is 13.2. The van der Waals surface area contributed by atoms with Crippen LogP contribution in [-0.2, 0) is 0 Å². The Morgan fingerprint density at radius 1 is 1.00 bits per heavy atom. The van der Waals surface area contributed by atoms with Gasteiger partial charge in [0.1, 0.15) is 0 Å². The van der Waals surface area contributed by atoms with Crippen LogP contribution in [0.5, 0.6) is 0 Å². The van der Waals surface area contributed by atoms with E-state index in [1.807, 2.05) is 60.8 Å². The van der Waals surface area contributed by atoms with Crippen LogP contribution in [0.25, 0.3) is 16.1 Å². The molecule has 0 atom stereocenters. The number of hydrogen-bond donors (Lipinski definition) is 1. The highest BCUT2D eigenvalue weighted by molar-refractivity contribution is 7.09. The summed E-state index contributed by atoms with van der Waals surface area (Å²) in [5.74, 6) is -0.149. The van der Waals surface area contributed by atoms with E-state index >= 15 is 0 Å². The molecule has 0 saturated heterocycles. The first-order valence-electron chi connectivity index (χ1n) is 7.72. The van der Waals surface area contributed by atoms with Crippen molar-refractivity contribution in [2.75, 3.05) is 5.32 Å². The van der Waals surface area contributed by atoms with E-state index in [0.29, 0.717) is 5.56 Å². The molecule has 5 nitrogen and oxygen atoms in total. The van der Waals surface area contributed by atoms with Gasteiger partial charge in [0.2, 0.25) is 0 Å². The number of hydrogen-bond acceptors (Lipinski definition) is 4. The van der Waals surface area contributed by atoms with Crippen LogP contribution in [0, 0.1) is 0 Å². The molecule has 4 rings (SSSR count). The normalized spacial score (nSPS) is 10.6. The largest absolute Gasteiger partial charge is 0.322 e. The van der Waals surface area contributed by atoms with E-state index in [0.717, 1.165) is 21.8 Å². The van der Waals surface area contributed by atoms with Crippen molar-refractivity contribution in [3.8, 4) is 16.1 Å². The highest BCUT2D eigenvalue weighted by Crippen LogP contribution is 2.24. The number of rotatable bonds is 4. The molecule has 0 aliphatic rings. The first-order chi connectivity index (χ1) is 12.3. The minimum absolute atomic E-state index is 0.149. The summed E-state index contributed by atoms with van der Waals surface area (Å²) < 4.78 is 5.86. The van der Waals surface area contributed by atoms with Crippen LogP contribution in [0.3, 0.4) is 0 Å². The van der Waals surface area contributed by atoms with E-state index in [-0.39, 0.29) is 5.91 Å². The average Bonchev–Trinajstić information content (AvgIpc) is 3.36. The van der Waals surface area contributed by atoms with Crippen LogP contribution in [-0.4, -0.2) is 20.1 Å². The Bertz CT molecular complexity index is 994. The highest BCUT2D eigenvalue weighted by Gasteiger charge is 2.09. The monoisotopic (exact) mass is 346 g/mol. The molecule has 1 N–H and O–H groups in total. The van der Waals surface area contributed by atoms with Crippen molar-refractivity contribution in [1.29, 1.82) is 0 Å². The molecule has 1 amide bonds. The number of carbonyl (C=O) groups is 1. The van der Waals surface area contributed by atoms with Gasteiger partial charge in [0.05, 0.1) is 10.6 Å². The third-order valence-corrected chi connectivity index (χ3v) is 4.52. The van der Waals surface area contributed by atoms with Gasteiger partial charge in [-0.25, -0.2) is 9.06 Å². The first kappa shape index (κ1) is 15.3. The van der Waals surface area contributed by atoms with Crippen LogP contribution in [0.4, 0.5) is 5.69 Å². The molecular weight excluding hydrogens is 332 g/mol. The van der Waals surface area contributed by atoms with Crippen molar-refractivity contribution in [2.24, 2.45) is 0 Å². The maximum atomic E-state index is 12.6. The zero-order chi connectivity index (χ0) is 17.1. The molecule has 0 spiro atoms. The fourth-order valence-corrected chi connectivity index (χ4v) is 3.12. The quantitative estimate of drug-likeness (QED) is 0.601. The Morgan fingerprint density at radius 2 is 1.92 bits per heavy atom. The number of aromatic nitrogens is 3. The van der Waals surface area contributed by atoms with Gasteiger partial charge in [-0.3, -0.25) is 4.79 Å². The predicted molar refractivity (Wildman–Crippen MR) is 99.1 cm³/mol. The number of nitrogens with zero attached hydrogens (tertiary/aromatic N) is 3. The minimum Gasteiger partial charge on any atom is -0.322 e. The number of benzene rings is 2. The highest BCUT2D eigenvalue weighted by atomic mass is 32.1. The third kappa shape index (κ3) is 3.34. The Hall–Kier alpha value is -3.25. The Kier molecular flexibility index (Phi) is 4.10. The summed E-state index contributed by atoms with van der Waals surface area (Å²) in [4.78, 5) is 13.6. The molecule has 122 valence electrons. The van der Waals surface area contributed by atoms with Gasteiger partial charge < -0.3 is 5.32 Å². The van der Waals surface area contributed by atoms with Gasteiger partial charge in [-0.15, -0.1) is 0 Å². The van der Waals surface area contributed by atoms with Gasteiger partial charge in [-0.2, -0.15) is 5.10 Å². The summed E-state index contributed by atoms with van der Waals surface area (Å²) in [6.45, 7) is 0. The molecular formula is C19H14N4OS. The van der Waals surface area contributed by atoms with E-state index in [1.165, 1.54) is 11.5 Å². The maximum Gasteiger partial charge on any atom is 0.255 e. The van der Waals surface area contributed by atoms with Crippen molar-refractivity contribution in [2.45, 2.75) is 0 Å². The summed E-state index contributed by atoms with van der Waals surface area (Å²) in [7, 11) is 0. The lowest BCUT2D eigenvalue weighted by molar-refractivity contribution is 0.102. The van der Waals surface area contributed by atoms with Crippen LogP contribution in [0.1, 0.15) is 10.4 Å². The minimum atomic E-state index is -0.149. The zero-order valence-corrected chi connectivity index (χ0v) is 14.0. The van der Waals surface area contributed by atoms with Crippen LogP contribution < -0.4 is 5.32 Å². The smallest absolute Gasteiger partial charge is 0.255 e. The van der Waals surface area contributed by atoms with Gasteiger partial charge in [0.25, 0.3) is 5.91 Å². The molecule has 0 radical (unpaired) electrons. The van der Waals surface area contributed by atoms with Gasteiger partial charge >= 0.3 is 0 Å². The van der Waals surface area contributed by atoms with Gasteiger partial charge in [0, 0.05) is 29.8 Å². The van der Waals surface area contributed by atoms with E-state index in [4.69, 9.17) is 0 Å². The predicted octanol–water partition coefficient (Wildman–Crippen LogP) is 4.25. The van der Waals surface area contributed by atoms with Crippen molar-refractivity contribution < 1.29 is 4.79 Å². The Balaban J connectivity index is 1.57. The topological polar surface area (TPSA) is 59.8 Å². The molecule has 25 heavy (non-hydrogen) atoms. The number of carbonyl (C=O) groups excluding carboxylic acids is 1. The number of nitrogens with one attached hydrogen (secondary N) is 1. The van der Waals surface area contributed by atoms with E-state index in [9.17, 15) is 4.79 Å². The van der Waals surface area contributed by atoms with Crippen molar-refractivity contribution in [3.05, 3.63) is 84.8 Å². The Labute approximate surface area is 148 Å². The van der Waals surface area contributed by atoms with Gasteiger partial charge in [-0.05, 0) is 59.6 Å². The summed E-state index contributed by atoms with van der Waals surface area (Å²) in [5.41, 5.74) is 3.21. The lowest BCUT2D eigenvalue weighted by Crippen LogP contribution is -2.12. The summed E-state index contributed by atoms with van der Waals surface area (Å²) in [6, 6.07) is 18.9. The molecule has 0 aliphatic heterocycles. The fourth-order valence-electron chi connectivity index (χ4n) is 2.53. The SMILES string of the molecule is O=C(Nc1cccc(-n2cccn2)c1)c1cccc(-c2ccns2)c1.